The molecule has 11 heteroatoms. The van der Waals surface area contributed by atoms with Crippen LogP contribution in [0.3, 0.4) is 0 Å². The molecule has 2 N–H and O–H groups in total. The summed E-state index contributed by atoms with van der Waals surface area (Å²) in [4.78, 5) is 12.6. The highest BCUT2D eigenvalue weighted by Gasteiger charge is 2.31. The highest BCUT2D eigenvalue weighted by molar-refractivity contribution is 5.85. The van der Waals surface area contributed by atoms with Gasteiger partial charge in [-0.15, -0.1) is 22.6 Å². The highest BCUT2D eigenvalue weighted by Crippen LogP contribution is 2.36. The first kappa shape index (κ1) is 22.0. The number of hydrogen-bond donors (Lipinski definition) is 2. The van der Waals surface area contributed by atoms with Crippen molar-refractivity contribution < 1.29 is 17.9 Å². The number of rotatable bonds is 4. The number of ether oxygens (including phenoxy) is 1. The predicted molar refractivity (Wildman–Crippen MR) is 101 cm³/mol. The monoisotopic (exact) mass is 419 g/mol. The first-order valence-electron chi connectivity index (χ1n) is 8.48. The zero-order valence-corrected chi connectivity index (χ0v) is 16.2. The second-order valence-electron chi connectivity index (χ2n) is 6.34. The average molecular weight is 420 g/mol. The Morgan fingerprint density at radius 1 is 1.32 bits per heavy atom. The quantitative estimate of drug-likeness (QED) is 0.792. The van der Waals surface area contributed by atoms with Gasteiger partial charge in [0.25, 0.3) is 5.56 Å². The van der Waals surface area contributed by atoms with Crippen LogP contribution in [0.4, 0.5) is 19.0 Å². The Hall–Kier alpha value is -2.33. The van der Waals surface area contributed by atoms with Crippen molar-refractivity contribution in [1.29, 1.82) is 0 Å². The standard InChI is InChI=1S/C17H20F3N5O2.ClH/c1-25-15(12-6-5-10(17(18,19)20)8-13(12)27-2)24-23-14(16(25)26)22-11-4-3-7-21-9-11;/h5-6,8,11,21H,3-4,7,9H2,1-2H3,(H,22,23);1H. The molecule has 0 radical (unpaired) electrons. The largest absolute Gasteiger partial charge is 0.496 e. The van der Waals surface area contributed by atoms with E-state index in [0.29, 0.717) is 0 Å². The fraction of sp³-hybridized carbons (Fsp3) is 0.471. The summed E-state index contributed by atoms with van der Waals surface area (Å²) in [6.45, 7) is 1.66. The van der Waals surface area contributed by atoms with E-state index in [9.17, 15) is 18.0 Å². The van der Waals surface area contributed by atoms with Crippen LogP contribution in [0.1, 0.15) is 18.4 Å². The minimum Gasteiger partial charge on any atom is -0.496 e. The second kappa shape index (κ2) is 8.78. The van der Waals surface area contributed by atoms with E-state index in [1.807, 2.05) is 0 Å². The molecule has 3 rings (SSSR count). The van der Waals surface area contributed by atoms with E-state index in [0.717, 1.165) is 38.1 Å². The Kier molecular flexibility index (Phi) is 6.89. The van der Waals surface area contributed by atoms with E-state index in [1.165, 1.54) is 24.8 Å². The SMILES string of the molecule is COc1cc(C(F)(F)F)ccc1-c1nnc(NC2CCCNC2)c(=O)n1C.Cl. The molecule has 2 heterocycles. The van der Waals surface area contributed by atoms with E-state index < -0.39 is 17.3 Å². The van der Waals surface area contributed by atoms with Gasteiger partial charge in [0.2, 0.25) is 5.82 Å². The van der Waals surface area contributed by atoms with Crippen molar-refractivity contribution in [2.45, 2.75) is 25.1 Å². The maximum atomic E-state index is 12.9. The third-order valence-electron chi connectivity index (χ3n) is 4.48. The van der Waals surface area contributed by atoms with Crippen LogP contribution in [0.5, 0.6) is 5.75 Å². The number of anilines is 1. The second-order valence-corrected chi connectivity index (χ2v) is 6.34. The van der Waals surface area contributed by atoms with E-state index in [4.69, 9.17) is 4.74 Å². The topological polar surface area (TPSA) is 81.1 Å². The molecule has 1 fully saturated rings. The summed E-state index contributed by atoms with van der Waals surface area (Å²) >= 11 is 0. The smallest absolute Gasteiger partial charge is 0.416 e. The van der Waals surface area contributed by atoms with Crippen LogP contribution in [-0.2, 0) is 13.2 Å². The zero-order chi connectivity index (χ0) is 19.6. The number of hydrogen-bond acceptors (Lipinski definition) is 6. The van der Waals surface area contributed by atoms with Gasteiger partial charge in [0.15, 0.2) is 5.82 Å². The summed E-state index contributed by atoms with van der Waals surface area (Å²) in [6, 6.07) is 3.10. The number of nitrogens with zero attached hydrogens (tertiary/aromatic N) is 3. The van der Waals surface area contributed by atoms with Gasteiger partial charge in [-0.2, -0.15) is 13.2 Å². The van der Waals surface area contributed by atoms with E-state index in [-0.39, 0.29) is 41.4 Å². The number of piperidine rings is 1. The van der Waals surface area contributed by atoms with Crippen molar-refractivity contribution in [3.8, 4) is 17.1 Å². The first-order valence-corrected chi connectivity index (χ1v) is 8.48. The molecule has 7 nitrogen and oxygen atoms in total. The van der Waals surface area contributed by atoms with Crippen molar-refractivity contribution >= 4 is 18.2 Å². The number of nitrogens with one attached hydrogen (secondary N) is 2. The lowest BCUT2D eigenvalue weighted by Crippen LogP contribution is -2.40. The van der Waals surface area contributed by atoms with Gasteiger partial charge in [0.1, 0.15) is 5.75 Å². The molecule has 1 aromatic carbocycles. The Balaban J connectivity index is 0.00000280. The van der Waals surface area contributed by atoms with Gasteiger partial charge in [0.05, 0.1) is 18.2 Å². The van der Waals surface area contributed by atoms with Crippen molar-refractivity contribution in [3.05, 3.63) is 34.1 Å². The lowest BCUT2D eigenvalue weighted by atomic mass is 10.1. The van der Waals surface area contributed by atoms with Crippen LogP contribution in [0.2, 0.25) is 0 Å². The van der Waals surface area contributed by atoms with E-state index >= 15 is 0 Å². The number of benzene rings is 1. The van der Waals surface area contributed by atoms with Crippen molar-refractivity contribution in [3.63, 3.8) is 0 Å². The fourth-order valence-corrected chi connectivity index (χ4v) is 3.01. The minimum atomic E-state index is -4.49. The third-order valence-corrected chi connectivity index (χ3v) is 4.48. The molecule has 1 aliphatic heterocycles. The number of methoxy groups -OCH3 is 1. The Morgan fingerprint density at radius 2 is 2.07 bits per heavy atom. The van der Waals surface area contributed by atoms with Crippen molar-refractivity contribution in [2.24, 2.45) is 7.05 Å². The molecule has 0 spiro atoms. The minimum absolute atomic E-state index is 0. The van der Waals surface area contributed by atoms with Gasteiger partial charge in [-0.25, -0.2) is 0 Å². The maximum Gasteiger partial charge on any atom is 0.416 e. The fourth-order valence-electron chi connectivity index (χ4n) is 3.01. The molecule has 1 aliphatic rings. The van der Waals surface area contributed by atoms with Crippen molar-refractivity contribution in [1.82, 2.24) is 20.1 Å². The molecule has 0 aliphatic carbocycles. The zero-order valence-electron chi connectivity index (χ0n) is 15.3. The molecular weight excluding hydrogens is 399 g/mol. The summed E-state index contributed by atoms with van der Waals surface area (Å²) in [7, 11) is 2.75. The molecular formula is C17H21ClF3N5O2. The molecule has 1 aromatic heterocycles. The van der Waals surface area contributed by atoms with Gasteiger partial charge in [-0.1, -0.05) is 0 Å². The van der Waals surface area contributed by atoms with Crippen LogP contribution >= 0.6 is 12.4 Å². The molecule has 2 aromatic rings. The van der Waals surface area contributed by atoms with Gasteiger partial charge in [-0.3, -0.25) is 9.36 Å². The molecule has 0 bridgehead atoms. The summed E-state index contributed by atoms with van der Waals surface area (Å²) in [5.41, 5.74) is -1.000. The van der Waals surface area contributed by atoms with Crippen LogP contribution in [0.25, 0.3) is 11.4 Å². The lowest BCUT2D eigenvalue weighted by molar-refractivity contribution is -0.137. The molecule has 1 unspecified atom stereocenters. The number of alkyl halides is 3. The summed E-state index contributed by atoms with van der Waals surface area (Å²) in [5, 5.41) is 14.3. The van der Waals surface area contributed by atoms with Crippen molar-refractivity contribution in [2.75, 3.05) is 25.5 Å². The van der Waals surface area contributed by atoms with Crippen LogP contribution < -0.4 is 20.9 Å². The molecule has 0 saturated carbocycles. The molecule has 1 atom stereocenters. The summed E-state index contributed by atoms with van der Waals surface area (Å²) < 4.78 is 45.0. The van der Waals surface area contributed by atoms with Crippen LogP contribution in [0.15, 0.2) is 23.0 Å². The Labute approximate surface area is 165 Å². The van der Waals surface area contributed by atoms with E-state index in [1.54, 1.807) is 0 Å². The Bertz CT molecular complexity index is 882. The molecule has 0 amide bonds. The van der Waals surface area contributed by atoms with Crippen LogP contribution in [-0.4, -0.2) is 41.0 Å². The van der Waals surface area contributed by atoms with Gasteiger partial charge in [0, 0.05) is 19.6 Å². The van der Waals surface area contributed by atoms with E-state index in [2.05, 4.69) is 20.8 Å². The summed E-state index contributed by atoms with van der Waals surface area (Å²) in [5.74, 6) is 0.199. The third kappa shape index (κ3) is 4.56. The van der Waals surface area contributed by atoms with Crippen LogP contribution in [0, 0.1) is 0 Å². The maximum absolute atomic E-state index is 12.9. The first-order chi connectivity index (χ1) is 12.8. The van der Waals surface area contributed by atoms with Gasteiger partial charge >= 0.3 is 6.18 Å². The highest BCUT2D eigenvalue weighted by atomic mass is 35.5. The van der Waals surface area contributed by atoms with Gasteiger partial charge in [-0.05, 0) is 37.6 Å². The normalized spacial score (nSPS) is 17.0. The lowest BCUT2D eigenvalue weighted by Gasteiger charge is -2.24. The number of halogens is 4. The number of aromatic nitrogens is 3. The Morgan fingerprint density at radius 3 is 2.68 bits per heavy atom. The van der Waals surface area contributed by atoms with Gasteiger partial charge < -0.3 is 15.4 Å². The molecule has 154 valence electrons. The average Bonchev–Trinajstić information content (AvgIpc) is 2.65. The summed E-state index contributed by atoms with van der Waals surface area (Å²) in [6.07, 6.45) is -2.59. The molecule has 28 heavy (non-hydrogen) atoms. The predicted octanol–water partition coefficient (Wildman–Crippen LogP) is 2.46. The molecule has 1 saturated heterocycles.